The van der Waals surface area contributed by atoms with E-state index in [1.807, 2.05) is 0 Å². The SMILES string of the molecule is C=CCc1c[nH]c2cc(F)c(F)cc12. The fraction of sp³-hybridized carbons (Fsp3) is 0.0909. The molecule has 0 saturated heterocycles. The maximum absolute atomic E-state index is 12.9. The third kappa shape index (κ3) is 1.31. The van der Waals surface area contributed by atoms with Crippen LogP contribution in [0.3, 0.4) is 0 Å². The summed E-state index contributed by atoms with van der Waals surface area (Å²) < 4.78 is 25.8. The van der Waals surface area contributed by atoms with Gasteiger partial charge < -0.3 is 4.98 Å². The summed E-state index contributed by atoms with van der Waals surface area (Å²) in [6, 6.07) is 2.37. The van der Waals surface area contributed by atoms with E-state index in [-0.39, 0.29) is 0 Å². The minimum Gasteiger partial charge on any atom is -0.361 e. The van der Waals surface area contributed by atoms with Crippen LogP contribution < -0.4 is 0 Å². The number of benzene rings is 1. The van der Waals surface area contributed by atoms with Crippen molar-refractivity contribution in [2.24, 2.45) is 0 Å². The van der Waals surface area contributed by atoms with Gasteiger partial charge in [-0.25, -0.2) is 8.78 Å². The van der Waals surface area contributed by atoms with Gasteiger partial charge in [-0.1, -0.05) is 6.08 Å². The molecule has 2 aromatic rings. The van der Waals surface area contributed by atoms with Crippen molar-refractivity contribution in [3.05, 3.63) is 48.2 Å². The van der Waals surface area contributed by atoms with E-state index in [1.54, 1.807) is 12.3 Å². The monoisotopic (exact) mass is 193 g/mol. The number of rotatable bonds is 2. The molecule has 1 aromatic heterocycles. The van der Waals surface area contributed by atoms with Crippen LogP contribution in [-0.4, -0.2) is 4.98 Å². The summed E-state index contributed by atoms with van der Waals surface area (Å²) in [5.74, 6) is -1.65. The van der Waals surface area contributed by atoms with Gasteiger partial charge in [0.05, 0.1) is 0 Å². The van der Waals surface area contributed by atoms with Crippen molar-refractivity contribution in [1.82, 2.24) is 4.98 Å². The molecule has 0 unspecified atom stereocenters. The smallest absolute Gasteiger partial charge is 0.160 e. The van der Waals surface area contributed by atoms with Crippen LogP contribution in [-0.2, 0) is 6.42 Å². The van der Waals surface area contributed by atoms with Crippen LogP contribution in [0.15, 0.2) is 31.0 Å². The average molecular weight is 193 g/mol. The first-order valence-corrected chi connectivity index (χ1v) is 4.28. The number of aromatic nitrogens is 1. The summed E-state index contributed by atoms with van der Waals surface area (Å²) in [4.78, 5) is 2.89. The number of hydrogen-bond donors (Lipinski definition) is 1. The van der Waals surface area contributed by atoms with Gasteiger partial charge in [0.25, 0.3) is 0 Å². The molecule has 0 bridgehead atoms. The fourth-order valence-corrected chi connectivity index (χ4v) is 1.50. The Labute approximate surface area is 80.1 Å². The molecule has 0 aliphatic heterocycles. The maximum Gasteiger partial charge on any atom is 0.160 e. The second-order valence-corrected chi connectivity index (χ2v) is 3.12. The zero-order chi connectivity index (χ0) is 10.1. The number of allylic oxidation sites excluding steroid dienone is 1. The third-order valence-corrected chi connectivity index (χ3v) is 2.17. The standard InChI is InChI=1S/C11H9F2N/c1-2-3-7-6-14-11-5-10(13)9(12)4-8(7)11/h2,4-6,14H,1,3H2. The zero-order valence-electron chi connectivity index (χ0n) is 7.48. The van der Waals surface area contributed by atoms with Crippen LogP contribution in [0.1, 0.15) is 5.56 Å². The van der Waals surface area contributed by atoms with Crippen LogP contribution in [0.5, 0.6) is 0 Å². The van der Waals surface area contributed by atoms with Crippen molar-refractivity contribution in [3.8, 4) is 0 Å². The van der Waals surface area contributed by atoms with Crippen molar-refractivity contribution in [1.29, 1.82) is 0 Å². The summed E-state index contributed by atoms with van der Waals surface area (Å²) >= 11 is 0. The van der Waals surface area contributed by atoms with E-state index < -0.39 is 11.6 Å². The van der Waals surface area contributed by atoms with Gasteiger partial charge in [-0.3, -0.25) is 0 Å². The Morgan fingerprint density at radius 2 is 2.00 bits per heavy atom. The van der Waals surface area contributed by atoms with Gasteiger partial charge in [-0.15, -0.1) is 6.58 Å². The van der Waals surface area contributed by atoms with E-state index >= 15 is 0 Å². The second kappa shape index (κ2) is 3.25. The molecule has 0 spiro atoms. The highest BCUT2D eigenvalue weighted by atomic mass is 19.2. The fourth-order valence-electron chi connectivity index (χ4n) is 1.50. The number of H-pyrrole nitrogens is 1. The lowest BCUT2D eigenvalue weighted by atomic mass is 10.1. The van der Waals surface area contributed by atoms with Crippen LogP contribution in [0, 0.1) is 11.6 Å². The Morgan fingerprint density at radius 3 is 2.71 bits per heavy atom. The molecule has 3 heteroatoms. The first kappa shape index (κ1) is 8.94. The lowest BCUT2D eigenvalue weighted by Gasteiger charge is -1.95. The molecule has 1 nitrogen and oxygen atoms in total. The summed E-state index contributed by atoms with van der Waals surface area (Å²) in [7, 11) is 0. The molecule has 1 aromatic carbocycles. The summed E-state index contributed by atoms with van der Waals surface area (Å²) in [5.41, 5.74) is 1.54. The molecule has 0 saturated carbocycles. The maximum atomic E-state index is 12.9. The van der Waals surface area contributed by atoms with Crippen molar-refractivity contribution in [3.63, 3.8) is 0 Å². The average Bonchev–Trinajstić information content (AvgIpc) is 2.51. The van der Waals surface area contributed by atoms with Crippen LogP contribution in [0.4, 0.5) is 8.78 Å². The molecule has 14 heavy (non-hydrogen) atoms. The minimum absolute atomic E-state index is 0.612. The second-order valence-electron chi connectivity index (χ2n) is 3.12. The van der Waals surface area contributed by atoms with Gasteiger partial charge in [0.1, 0.15) is 0 Å². The number of aromatic amines is 1. The first-order chi connectivity index (χ1) is 6.72. The minimum atomic E-state index is -0.829. The van der Waals surface area contributed by atoms with E-state index in [2.05, 4.69) is 11.6 Å². The van der Waals surface area contributed by atoms with Gasteiger partial charge in [0.2, 0.25) is 0 Å². The quantitative estimate of drug-likeness (QED) is 0.705. The van der Waals surface area contributed by atoms with Crippen LogP contribution >= 0.6 is 0 Å². The normalized spacial score (nSPS) is 10.7. The Balaban J connectivity index is 2.67. The predicted molar refractivity (Wildman–Crippen MR) is 52.1 cm³/mol. The van der Waals surface area contributed by atoms with Crippen molar-refractivity contribution in [2.75, 3.05) is 0 Å². The lowest BCUT2D eigenvalue weighted by molar-refractivity contribution is 0.511. The highest BCUT2D eigenvalue weighted by Crippen LogP contribution is 2.21. The van der Waals surface area contributed by atoms with E-state index in [4.69, 9.17) is 0 Å². The molecule has 0 amide bonds. The number of fused-ring (bicyclic) bond motifs is 1. The Kier molecular flexibility index (Phi) is 2.08. The molecular weight excluding hydrogens is 184 g/mol. The Bertz CT molecular complexity index is 485. The topological polar surface area (TPSA) is 15.8 Å². The highest BCUT2D eigenvalue weighted by molar-refractivity contribution is 5.83. The van der Waals surface area contributed by atoms with Crippen molar-refractivity contribution < 1.29 is 8.78 Å². The number of nitrogens with one attached hydrogen (secondary N) is 1. The highest BCUT2D eigenvalue weighted by Gasteiger charge is 2.07. The van der Waals surface area contributed by atoms with Gasteiger partial charge in [0, 0.05) is 23.2 Å². The molecule has 0 aliphatic rings. The Hall–Kier alpha value is -1.64. The first-order valence-electron chi connectivity index (χ1n) is 4.28. The zero-order valence-corrected chi connectivity index (χ0v) is 7.48. The summed E-state index contributed by atoms with van der Waals surface area (Å²) in [5, 5.41) is 0.712. The molecule has 1 N–H and O–H groups in total. The molecule has 0 fully saturated rings. The van der Waals surface area contributed by atoms with Gasteiger partial charge in [-0.05, 0) is 18.1 Å². The van der Waals surface area contributed by atoms with Gasteiger partial charge in [-0.2, -0.15) is 0 Å². The summed E-state index contributed by atoms with van der Waals surface area (Å²) in [6.07, 6.45) is 4.11. The van der Waals surface area contributed by atoms with Gasteiger partial charge >= 0.3 is 0 Å². The van der Waals surface area contributed by atoms with Crippen molar-refractivity contribution in [2.45, 2.75) is 6.42 Å². The molecular formula is C11H9F2N. The summed E-state index contributed by atoms with van der Waals surface area (Å²) in [6.45, 7) is 3.60. The number of hydrogen-bond acceptors (Lipinski definition) is 0. The largest absolute Gasteiger partial charge is 0.361 e. The van der Waals surface area contributed by atoms with Crippen molar-refractivity contribution >= 4 is 10.9 Å². The van der Waals surface area contributed by atoms with E-state index in [1.165, 1.54) is 6.07 Å². The van der Waals surface area contributed by atoms with E-state index in [9.17, 15) is 8.78 Å². The molecule has 0 radical (unpaired) electrons. The van der Waals surface area contributed by atoms with Crippen LogP contribution in [0.25, 0.3) is 10.9 Å². The molecule has 2 rings (SSSR count). The lowest BCUT2D eigenvalue weighted by Crippen LogP contribution is -1.84. The van der Waals surface area contributed by atoms with Crippen LogP contribution in [0.2, 0.25) is 0 Å². The van der Waals surface area contributed by atoms with E-state index in [0.29, 0.717) is 17.3 Å². The molecule has 0 atom stereocenters. The van der Waals surface area contributed by atoms with Gasteiger partial charge in [0.15, 0.2) is 11.6 Å². The van der Waals surface area contributed by atoms with E-state index in [0.717, 1.165) is 11.6 Å². The number of halogens is 2. The molecule has 1 heterocycles. The predicted octanol–water partition coefficient (Wildman–Crippen LogP) is 3.17. The third-order valence-electron chi connectivity index (χ3n) is 2.17. The molecule has 0 aliphatic carbocycles. The molecule has 72 valence electrons. The Morgan fingerprint density at radius 1 is 1.29 bits per heavy atom.